The molecule has 1 aliphatic carbocycles. The minimum atomic E-state index is -0.147. The zero-order chi connectivity index (χ0) is 40.7. The lowest BCUT2D eigenvalue weighted by Gasteiger charge is -2.26. The van der Waals surface area contributed by atoms with Crippen LogP contribution in [0.3, 0.4) is 0 Å². The van der Waals surface area contributed by atoms with Crippen molar-refractivity contribution in [2.75, 3.05) is 4.90 Å². The lowest BCUT2D eigenvalue weighted by Crippen LogP contribution is -2.15. The zero-order valence-corrected chi connectivity index (χ0v) is 35.5. The predicted molar refractivity (Wildman–Crippen MR) is 259 cm³/mol. The molecule has 0 bridgehead atoms. The standard InChI is InChI=1S/C57H40N2S2/c1-57(2)48-18-10-9-17-45(48)46-33-35-49-53(54(46)57)47-34-36-52-56(61-51-20-12-11-19-50(51)60-52)55(47)59(49)44-31-29-43(30-32-44)58(41-25-21-39(22-26-41)37-13-5-3-6-14-37)42-27-23-40(24-28-42)38-15-7-4-8-16-38/h3-36H,1-2H3. The van der Waals surface area contributed by atoms with Crippen molar-refractivity contribution in [3.8, 4) is 39.1 Å². The van der Waals surface area contributed by atoms with E-state index >= 15 is 0 Å². The van der Waals surface area contributed by atoms with Gasteiger partial charge >= 0.3 is 0 Å². The molecule has 0 unspecified atom stereocenters. The second-order valence-electron chi connectivity index (χ2n) is 16.5. The second kappa shape index (κ2) is 14.2. The van der Waals surface area contributed by atoms with Gasteiger partial charge in [-0.25, -0.2) is 0 Å². The highest BCUT2D eigenvalue weighted by atomic mass is 32.2. The lowest BCUT2D eigenvalue weighted by atomic mass is 9.80. The van der Waals surface area contributed by atoms with E-state index in [-0.39, 0.29) is 5.41 Å². The van der Waals surface area contributed by atoms with E-state index in [0.717, 1.165) is 22.7 Å². The van der Waals surface area contributed by atoms with Gasteiger partial charge in [0.1, 0.15) is 0 Å². The maximum atomic E-state index is 2.54. The molecule has 1 aliphatic heterocycles. The first-order valence-electron chi connectivity index (χ1n) is 20.9. The molecule has 0 fully saturated rings. The van der Waals surface area contributed by atoms with E-state index in [1.54, 1.807) is 0 Å². The fourth-order valence-electron chi connectivity index (χ4n) is 9.78. The molecule has 0 spiro atoms. The molecule has 0 atom stereocenters. The van der Waals surface area contributed by atoms with Crippen molar-refractivity contribution in [1.82, 2.24) is 4.57 Å². The van der Waals surface area contributed by atoms with Gasteiger partial charge in [-0.1, -0.05) is 171 Å². The van der Waals surface area contributed by atoms with Crippen LogP contribution in [-0.4, -0.2) is 4.57 Å². The van der Waals surface area contributed by atoms with E-state index in [1.807, 2.05) is 23.5 Å². The monoisotopic (exact) mass is 816 g/mol. The maximum absolute atomic E-state index is 2.54. The molecule has 2 nitrogen and oxygen atoms in total. The van der Waals surface area contributed by atoms with Crippen LogP contribution in [-0.2, 0) is 5.41 Å². The van der Waals surface area contributed by atoms with E-state index in [9.17, 15) is 0 Å². The number of hydrogen-bond donors (Lipinski definition) is 0. The molecule has 0 radical (unpaired) electrons. The SMILES string of the molecule is CC1(C)c2ccccc2-c2ccc3c(c21)c1ccc2c(c1n3-c1ccc(N(c3ccc(-c4ccccc4)cc3)c3ccc(-c4ccccc4)cc3)cc1)Sc1ccccc1S2. The van der Waals surface area contributed by atoms with Gasteiger partial charge in [0, 0.05) is 53.6 Å². The van der Waals surface area contributed by atoms with Crippen LogP contribution in [0.15, 0.2) is 226 Å². The van der Waals surface area contributed by atoms with Crippen molar-refractivity contribution < 1.29 is 0 Å². The van der Waals surface area contributed by atoms with Gasteiger partial charge in [-0.05, 0) is 117 Å². The van der Waals surface area contributed by atoms with E-state index in [0.29, 0.717) is 0 Å². The van der Waals surface area contributed by atoms with Gasteiger partial charge in [0.15, 0.2) is 0 Å². The van der Waals surface area contributed by atoms with Crippen molar-refractivity contribution in [2.24, 2.45) is 0 Å². The summed E-state index contributed by atoms with van der Waals surface area (Å²) in [6.07, 6.45) is 0. The normalized spacial score (nSPS) is 13.4. The summed E-state index contributed by atoms with van der Waals surface area (Å²) < 4.78 is 2.54. The van der Waals surface area contributed by atoms with E-state index in [4.69, 9.17) is 0 Å². The first-order chi connectivity index (χ1) is 30.0. The molecule has 9 aromatic carbocycles. The van der Waals surface area contributed by atoms with Gasteiger partial charge in [0.05, 0.1) is 15.9 Å². The molecule has 12 rings (SSSR count). The molecular weight excluding hydrogens is 777 g/mol. The van der Waals surface area contributed by atoms with Crippen LogP contribution in [0.4, 0.5) is 17.1 Å². The minimum Gasteiger partial charge on any atom is -0.311 e. The van der Waals surface area contributed by atoms with E-state index < -0.39 is 0 Å². The Balaban J connectivity index is 1.03. The van der Waals surface area contributed by atoms with Crippen LogP contribution in [0.5, 0.6) is 0 Å². The first kappa shape index (κ1) is 36.2. The van der Waals surface area contributed by atoms with Crippen molar-refractivity contribution >= 4 is 62.4 Å². The molecular formula is C57H40N2S2. The van der Waals surface area contributed by atoms with Gasteiger partial charge < -0.3 is 9.47 Å². The molecule has 290 valence electrons. The van der Waals surface area contributed by atoms with Crippen LogP contribution in [0.1, 0.15) is 25.0 Å². The molecule has 0 saturated heterocycles. The summed E-state index contributed by atoms with van der Waals surface area (Å²) >= 11 is 3.79. The fraction of sp³-hybridized carbons (Fsp3) is 0.0526. The Morgan fingerprint density at radius 3 is 1.57 bits per heavy atom. The highest BCUT2D eigenvalue weighted by Gasteiger charge is 2.38. The largest absolute Gasteiger partial charge is 0.311 e. The molecule has 61 heavy (non-hydrogen) atoms. The quantitative estimate of drug-likeness (QED) is 0.165. The predicted octanol–water partition coefficient (Wildman–Crippen LogP) is 16.5. The van der Waals surface area contributed by atoms with E-state index in [2.05, 4.69) is 230 Å². The number of nitrogens with zero attached hydrogens (tertiary/aromatic N) is 2. The van der Waals surface area contributed by atoms with Gasteiger partial charge in [-0.3, -0.25) is 0 Å². The molecule has 2 aliphatic rings. The average Bonchev–Trinajstić information content (AvgIpc) is 3.78. The van der Waals surface area contributed by atoms with Crippen molar-refractivity contribution in [3.05, 3.63) is 217 Å². The van der Waals surface area contributed by atoms with Crippen LogP contribution in [0.2, 0.25) is 0 Å². The second-order valence-corrected chi connectivity index (χ2v) is 18.6. The summed E-state index contributed by atoms with van der Waals surface area (Å²) in [7, 11) is 0. The summed E-state index contributed by atoms with van der Waals surface area (Å²) in [6, 6.07) is 75.7. The number of anilines is 3. The summed E-state index contributed by atoms with van der Waals surface area (Å²) in [5.74, 6) is 0. The third-order valence-electron chi connectivity index (χ3n) is 12.6. The molecule has 0 saturated carbocycles. The number of hydrogen-bond acceptors (Lipinski definition) is 3. The topological polar surface area (TPSA) is 8.17 Å². The molecule has 2 heterocycles. The molecule has 10 aromatic rings. The van der Waals surface area contributed by atoms with Crippen molar-refractivity contribution in [1.29, 1.82) is 0 Å². The lowest BCUT2D eigenvalue weighted by molar-refractivity contribution is 0.666. The molecule has 0 N–H and O–H groups in total. The van der Waals surface area contributed by atoms with E-state index in [1.165, 1.54) is 85.9 Å². The van der Waals surface area contributed by atoms with Crippen LogP contribution in [0.25, 0.3) is 60.9 Å². The Labute approximate surface area is 365 Å². The zero-order valence-electron chi connectivity index (χ0n) is 33.8. The summed E-state index contributed by atoms with van der Waals surface area (Å²) in [5.41, 5.74) is 17.2. The summed E-state index contributed by atoms with van der Waals surface area (Å²) in [4.78, 5) is 7.63. The Morgan fingerprint density at radius 1 is 0.426 bits per heavy atom. The van der Waals surface area contributed by atoms with Gasteiger partial charge in [0.2, 0.25) is 0 Å². The van der Waals surface area contributed by atoms with Gasteiger partial charge in [0.25, 0.3) is 0 Å². The number of benzene rings is 9. The fourth-order valence-corrected chi connectivity index (χ4v) is 12.2. The van der Waals surface area contributed by atoms with Crippen molar-refractivity contribution in [2.45, 2.75) is 38.8 Å². The van der Waals surface area contributed by atoms with Crippen LogP contribution < -0.4 is 4.90 Å². The molecule has 0 amide bonds. The first-order valence-corrected chi connectivity index (χ1v) is 22.6. The third-order valence-corrected chi connectivity index (χ3v) is 15.2. The number of fused-ring (bicyclic) bond motifs is 10. The highest BCUT2D eigenvalue weighted by molar-refractivity contribution is 8.05. The third kappa shape index (κ3) is 5.81. The summed E-state index contributed by atoms with van der Waals surface area (Å²) in [6.45, 7) is 4.81. The summed E-state index contributed by atoms with van der Waals surface area (Å²) in [5, 5.41) is 2.66. The van der Waals surface area contributed by atoms with Gasteiger partial charge in [-0.15, -0.1) is 0 Å². The smallest absolute Gasteiger partial charge is 0.0692 e. The highest BCUT2D eigenvalue weighted by Crippen LogP contribution is 2.57. The minimum absolute atomic E-state index is 0.147. The van der Waals surface area contributed by atoms with Crippen molar-refractivity contribution in [3.63, 3.8) is 0 Å². The molecule has 1 aromatic heterocycles. The maximum Gasteiger partial charge on any atom is 0.0692 e. The van der Waals surface area contributed by atoms with Crippen LogP contribution in [0, 0.1) is 0 Å². The number of aromatic nitrogens is 1. The number of rotatable bonds is 6. The molecule has 4 heteroatoms. The Hall–Kier alpha value is -6.72. The average molecular weight is 817 g/mol. The van der Waals surface area contributed by atoms with Crippen LogP contribution >= 0.6 is 23.5 Å². The Kier molecular flexibility index (Phi) is 8.42. The Morgan fingerprint density at radius 2 is 0.951 bits per heavy atom. The Bertz CT molecular complexity index is 3210. The van der Waals surface area contributed by atoms with Gasteiger partial charge in [-0.2, -0.15) is 0 Å².